The van der Waals surface area contributed by atoms with Crippen LogP contribution in [0.4, 0.5) is 0 Å². The van der Waals surface area contributed by atoms with Crippen LogP contribution in [0.25, 0.3) is 22.3 Å². The van der Waals surface area contributed by atoms with Crippen molar-refractivity contribution >= 4 is 22.7 Å². The maximum atomic E-state index is 12.6. The molecule has 10 nitrogen and oxygen atoms in total. The van der Waals surface area contributed by atoms with E-state index in [9.17, 15) is 9.59 Å². The van der Waals surface area contributed by atoms with Crippen molar-refractivity contribution in [2.45, 2.75) is 25.7 Å². The van der Waals surface area contributed by atoms with Crippen LogP contribution in [0.5, 0.6) is 0 Å². The highest BCUT2D eigenvalue weighted by Crippen LogP contribution is 2.30. The molecule has 0 unspecified atom stereocenters. The monoisotopic (exact) mass is 483 g/mol. The van der Waals surface area contributed by atoms with Gasteiger partial charge in [-0.05, 0) is 44.0 Å². The van der Waals surface area contributed by atoms with Crippen LogP contribution in [-0.2, 0) is 11.8 Å². The van der Waals surface area contributed by atoms with Crippen LogP contribution in [0.15, 0.2) is 47.0 Å². The maximum Gasteiger partial charge on any atom is 0.251 e. The number of aryl methyl sites for hydroxylation is 2. The minimum Gasteiger partial charge on any atom is -0.343 e. The molecule has 1 N–H and O–H groups in total. The van der Waals surface area contributed by atoms with Gasteiger partial charge in [-0.2, -0.15) is 15.3 Å². The summed E-state index contributed by atoms with van der Waals surface area (Å²) in [6.45, 7) is 2.97. The Hall–Kier alpha value is -4.52. The topological polar surface area (TPSA) is 130 Å². The third-order valence-electron chi connectivity index (χ3n) is 6.59. The van der Waals surface area contributed by atoms with Crippen molar-refractivity contribution in [2.75, 3.05) is 19.6 Å². The number of carbonyl (C=O) groups is 2. The lowest BCUT2D eigenvalue weighted by Gasteiger charge is -2.30. The van der Waals surface area contributed by atoms with Gasteiger partial charge in [-0.1, -0.05) is 23.4 Å². The number of hydrogen-bond donors (Lipinski definition) is 1. The molecule has 0 spiro atoms. The molecule has 1 aliphatic heterocycles. The Balaban J connectivity index is 1.16. The van der Waals surface area contributed by atoms with Gasteiger partial charge in [0.2, 0.25) is 17.6 Å². The third-order valence-corrected chi connectivity index (χ3v) is 6.59. The molecule has 3 heterocycles. The molecule has 1 aliphatic rings. The van der Waals surface area contributed by atoms with Crippen LogP contribution in [0.1, 0.15) is 46.3 Å². The van der Waals surface area contributed by atoms with Crippen LogP contribution < -0.4 is 5.32 Å². The Morgan fingerprint density at radius 1 is 1.19 bits per heavy atom. The smallest absolute Gasteiger partial charge is 0.251 e. The van der Waals surface area contributed by atoms with Gasteiger partial charge in [0.1, 0.15) is 0 Å². The summed E-state index contributed by atoms with van der Waals surface area (Å²) in [5.74, 6) is 0.648. The molecule has 10 heteroatoms. The van der Waals surface area contributed by atoms with Crippen molar-refractivity contribution in [3.05, 3.63) is 65.2 Å². The molecule has 36 heavy (non-hydrogen) atoms. The first-order valence-corrected chi connectivity index (χ1v) is 11.8. The highest BCUT2D eigenvalue weighted by atomic mass is 16.5. The zero-order chi connectivity index (χ0) is 25.2. The van der Waals surface area contributed by atoms with Gasteiger partial charge in [0.25, 0.3) is 5.91 Å². The predicted molar refractivity (Wildman–Crippen MR) is 131 cm³/mol. The Kier molecular flexibility index (Phi) is 6.21. The number of piperidine rings is 1. The summed E-state index contributed by atoms with van der Waals surface area (Å²) in [5, 5.41) is 21.4. The van der Waals surface area contributed by atoms with Crippen LogP contribution >= 0.6 is 0 Å². The minimum atomic E-state index is -0.381. The maximum absolute atomic E-state index is 12.6. The molecular weight excluding hydrogens is 458 g/mol. The number of carbonyl (C=O) groups excluding carboxylic acids is 2. The van der Waals surface area contributed by atoms with Gasteiger partial charge in [0.05, 0.1) is 29.4 Å². The van der Waals surface area contributed by atoms with Crippen molar-refractivity contribution in [2.24, 2.45) is 7.05 Å². The lowest BCUT2D eigenvalue weighted by atomic mass is 9.96. The van der Waals surface area contributed by atoms with Crippen LogP contribution in [0.3, 0.4) is 0 Å². The molecule has 0 atom stereocenters. The van der Waals surface area contributed by atoms with E-state index in [4.69, 9.17) is 9.78 Å². The molecule has 2 aromatic carbocycles. The van der Waals surface area contributed by atoms with E-state index in [0.717, 1.165) is 22.2 Å². The van der Waals surface area contributed by atoms with Crippen molar-refractivity contribution in [1.29, 1.82) is 5.26 Å². The lowest BCUT2D eigenvalue weighted by Crippen LogP contribution is -2.43. The predicted octanol–water partition coefficient (Wildman–Crippen LogP) is 2.94. The number of aromatic nitrogens is 4. The first-order valence-electron chi connectivity index (χ1n) is 11.8. The fraction of sp³-hybridized carbons (Fsp3) is 0.308. The number of rotatable bonds is 5. The summed E-state index contributed by atoms with van der Waals surface area (Å²) in [7, 11) is 1.91. The van der Waals surface area contributed by atoms with Gasteiger partial charge < -0.3 is 14.7 Å². The van der Waals surface area contributed by atoms with E-state index in [2.05, 4.69) is 20.6 Å². The molecule has 2 amide bonds. The number of nitrogens with zero attached hydrogens (tertiary/aromatic N) is 6. The van der Waals surface area contributed by atoms with E-state index < -0.39 is 0 Å². The number of likely N-dealkylation sites (tertiary alicyclic amines) is 1. The fourth-order valence-electron chi connectivity index (χ4n) is 4.57. The first kappa shape index (κ1) is 23.2. The number of fused-ring (bicyclic) bond motifs is 1. The SMILES string of the molecule is Cc1nn(C)c2cc(-c3noc(C4CCN(C(=O)CNC(=O)c5cccc(C#N)c5)CC4)n3)ccc12. The molecule has 5 rings (SSSR count). The molecule has 2 aromatic heterocycles. The van der Waals surface area contributed by atoms with E-state index in [1.165, 1.54) is 6.07 Å². The Labute approximate surface area is 207 Å². The highest BCUT2D eigenvalue weighted by molar-refractivity contribution is 5.96. The van der Waals surface area contributed by atoms with Crippen LogP contribution in [0, 0.1) is 18.3 Å². The summed E-state index contributed by atoms with van der Waals surface area (Å²) in [5.41, 5.74) is 3.59. The van der Waals surface area contributed by atoms with Gasteiger partial charge >= 0.3 is 0 Å². The van der Waals surface area contributed by atoms with Crippen molar-refractivity contribution in [3.63, 3.8) is 0 Å². The van der Waals surface area contributed by atoms with Crippen LogP contribution in [-0.4, -0.2) is 56.3 Å². The number of hydrogen-bond acceptors (Lipinski definition) is 7. The molecule has 1 fully saturated rings. The molecule has 1 saturated heterocycles. The third kappa shape index (κ3) is 4.55. The molecular formula is C26H25N7O3. The molecule has 0 saturated carbocycles. The lowest BCUT2D eigenvalue weighted by molar-refractivity contribution is -0.131. The summed E-state index contributed by atoms with van der Waals surface area (Å²) in [6.07, 6.45) is 1.40. The molecule has 182 valence electrons. The van der Waals surface area contributed by atoms with Gasteiger partial charge in [-0.15, -0.1) is 0 Å². The summed E-state index contributed by atoms with van der Waals surface area (Å²) >= 11 is 0. The van der Waals surface area contributed by atoms with Gasteiger partial charge in [0, 0.05) is 42.6 Å². The van der Waals surface area contributed by atoms with E-state index in [-0.39, 0.29) is 24.3 Å². The Bertz CT molecular complexity index is 1490. The van der Waals surface area contributed by atoms with E-state index in [1.54, 1.807) is 23.1 Å². The van der Waals surface area contributed by atoms with Crippen molar-refractivity contribution in [3.8, 4) is 17.5 Å². The second-order valence-corrected chi connectivity index (χ2v) is 8.93. The Morgan fingerprint density at radius 3 is 2.78 bits per heavy atom. The van der Waals surface area contributed by atoms with E-state index >= 15 is 0 Å². The van der Waals surface area contributed by atoms with Crippen molar-refractivity contribution < 1.29 is 14.1 Å². The molecule has 0 radical (unpaired) electrons. The number of nitrogens with one attached hydrogen (secondary N) is 1. The number of amides is 2. The average Bonchev–Trinajstić information content (AvgIpc) is 3.51. The van der Waals surface area contributed by atoms with Gasteiger partial charge in [0.15, 0.2) is 0 Å². The van der Waals surface area contributed by atoms with Gasteiger partial charge in [-0.25, -0.2) is 0 Å². The zero-order valence-corrected chi connectivity index (χ0v) is 20.1. The van der Waals surface area contributed by atoms with E-state index in [0.29, 0.717) is 48.8 Å². The summed E-state index contributed by atoms with van der Waals surface area (Å²) in [6, 6.07) is 14.4. The highest BCUT2D eigenvalue weighted by Gasteiger charge is 2.28. The summed E-state index contributed by atoms with van der Waals surface area (Å²) in [4.78, 5) is 31.3. The second-order valence-electron chi connectivity index (χ2n) is 8.93. The molecule has 0 aliphatic carbocycles. The average molecular weight is 484 g/mol. The quantitative estimate of drug-likeness (QED) is 0.462. The number of benzene rings is 2. The van der Waals surface area contributed by atoms with E-state index in [1.807, 2.05) is 42.9 Å². The van der Waals surface area contributed by atoms with Crippen molar-refractivity contribution in [1.82, 2.24) is 30.1 Å². The van der Waals surface area contributed by atoms with Gasteiger partial charge in [-0.3, -0.25) is 14.3 Å². The molecule has 0 bridgehead atoms. The largest absolute Gasteiger partial charge is 0.343 e. The fourth-order valence-corrected chi connectivity index (χ4v) is 4.57. The first-order chi connectivity index (χ1) is 17.4. The molecule has 4 aromatic rings. The van der Waals surface area contributed by atoms with Crippen LogP contribution in [0.2, 0.25) is 0 Å². The standard InChI is InChI=1S/C26H25N7O3/c1-16-21-7-6-19(13-22(21)32(2)30-16)24-29-26(36-31-24)18-8-10-33(11-9-18)23(34)15-28-25(35)20-5-3-4-17(12-20)14-27/h3-7,12-13,18H,8-11,15H2,1-2H3,(H,28,35). The Morgan fingerprint density at radius 2 is 2.00 bits per heavy atom. The second kappa shape index (κ2) is 9.62. The summed E-state index contributed by atoms with van der Waals surface area (Å²) < 4.78 is 7.42. The number of nitriles is 1. The normalized spacial score (nSPS) is 14.1. The zero-order valence-electron chi connectivity index (χ0n) is 20.1. The minimum absolute atomic E-state index is 0.0706.